The summed E-state index contributed by atoms with van der Waals surface area (Å²) < 4.78 is 5.50. The fourth-order valence-electron chi connectivity index (χ4n) is 2.91. The van der Waals surface area contributed by atoms with Gasteiger partial charge < -0.3 is 4.74 Å². The van der Waals surface area contributed by atoms with Crippen LogP contribution in [-0.2, 0) is 4.74 Å². The summed E-state index contributed by atoms with van der Waals surface area (Å²) in [5, 5.41) is 38.2. The maximum Gasteiger partial charge on any atom is 0.269 e. The first kappa shape index (κ1) is 16.9. The maximum atomic E-state index is 10.9. The highest BCUT2D eigenvalue weighted by atomic mass is 16.6. The third kappa shape index (κ3) is 2.90. The van der Waals surface area contributed by atoms with Gasteiger partial charge in [0, 0.05) is 23.6 Å². The fourth-order valence-corrected chi connectivity index (χ4v) is 2.91. The van der Waals surface area contributed by atoms with Crippen LogP contribution in [0, 0.1) is 44.1 Å². The summed E-state index contributed by atoms with van der Waals surface area (Å²) in [5.41, 5.74) is 1.29. The molecule has 7 heteroatoms. The molecule has 2 atom stereocenters. The van der Waals surface area contributed by atoms with E-state index >= 15 is 0 Å². The Morgan fingerprint density at radius 1 is 1.08 bits per heavy atom. The second-order valence-corrected chi connectivity index (χ2v) is 5.62. The van der Waals surface area contributed by atoms with Gasteiger partial charge in [-0.05, 0) is 5.56 Å². The van der Waals surface area contributed by atoms with Gasteiger partial charge in [0.1, 0.15) is 5.92 Å². The molecule has 0 spiro atoms. The van der Waals surface area contributed by atoms with E-state index in [-0.39, 0.29) is 22.9 Å². The van der Waals surface area contributed by atoms with Crippen molar-refractivity contribution in [3.8, 4) is 12.1 Å². The van der Waals surface area contributed by atoms with Crippen LogP contribution in [0.1, 0.15) is 17.0 Å². The molecule has 0 fully saturated rings. The molecule has 0 amide bonds. The maximum absolute atomic E-state index is 10.9. The summed E-state index contributed by atoms with van der Waals surface area (Å²) in [6.45, 7) is 0. The lowest BCUT2D eigenvalue weighted by Gasteiger charge is -2.29. The Bertz CT molecular complexity index is 982. The van der Waals surface area contributed by atoms with E-state index in [2.05, 4.69) is 6.07 Å². The topological polar surface area (TPSA) is 124 Å². The summed E-state index contributed by atoms with van der Waals surface area (Å²) >= 11 is 0. The molecule has 0 radical (unpaired) electrons. The molecule has 26 heavy (non-hydrogen) atoms. The van der Waals surface area contributed by atoms with E-state index in [9.17, 15) is 20.6 Å². The highest BCUT2D eigenvalue weighted by Gasteiger charge is 2.39. The van der Waals surface area contributed by atoms with Crippen LogP contribution in [-0.4, -0.2) is 10.8 Å². The second-order valence-electron chi connectivity index (χ2n) is 5.62. The van der Waals surface area contributed by atoms with Crippen LogP contribution in [0.15, 0.2) is 60.2 Å². The van der Waals surface area contributed by atoms with Crippen molar-refractivity contribution in [2.24, 2.45) is 5.92 Å². The first-order chi connectivity index (χ1) is 12.6. The number of nitriles is 2. The minimum Gasteiger partial charge on any atom is -0.440 e. The molecule has 0 bridgehead atoms. The standard InChI is InChI=1S/C19H12N4O3/c20-10-15-17(12-6-8-14(9-7-12)23(24)25)16(11-21)19(22)26-18(15)13-4-2-1-3-5-13/h1-9,16-17,22H. The van der Waals surface area contributed by atoms with Gasteiger partial charge in [0.05, 0.1) is 22.6 Å². The van der Waals surface area contributed by atoms with Crippen LogP contribution in [0.25, 0.3) is 5.76 Å². The second kappa shape index (κ2) is 6.88. The lowest BCUT2D eigenvalue weighted by atomic mass is 9.78. The van der Waals surface area contributed by atoms with Gasteiger partial charge in [0.25, 0.3) is 5.69 Å². The zero-order chi connectivity index (χ0) is 18.7. The quantitative estimate of drug-likeness (QED) is 0.670. The van der Waals surface area contributed by atoms with E-state index in [0.29, 0.717) is 11.1 Å². The number of nitro benzene ring substituents is 1. The highest BCUT2D eigenvalue weighted by Crippen LogP contribution is 2.42. The number of ether oxygens (including phenoxy) is 1. The molecule has 0 saturated heterocycles. The van der Waals surface area contributed by atoms with Crippen LogP contribution in [0.5, 0.6) is 0 Å². The van der Waals surface area contributed by atoms with Crippen LogP contribution in [0.3, 0.4) is 0 Å². The number of rotatable bonds is 3. The smallest absolute Gasteiger partial charge is 0.269 e. The summed E-state index contributed by atoms with van der Waals surface area (Å²) in [6, 6.07) is 18.6. The molecular formula is C19H12N4O3. The highest BCUT2D eigenvalue weighted by molar-refractivity contribution is 5.90. The van der Waals surface area contributed by atoms with Crippen molar-refractivity contribution in [2.45, 2.75) is 5.92 Å². The van der Waals surface area contributed by atoms with Gasteiger partial charge >= 0.3 is 0 Å². The third-order valence-electron chi connectivity index (χ3n) is 4.14. The number of nitrogens with zero attached hydrogens (tertiary/aromatic N) is 3. The number of nitro groups is 1. The first-order valence-corrected chi connectivity index (χ1v) is 7.66. The normalized spacial score (nSPS) is 19.2. The van der Waals surface area contributed by atoms with Crippen molar-refractivity contribution < 1.29 is 9.66 Å². The molecule has 1 aliphatic rings. The van der Waals surface area contributed by atoms with Crippen molar-refractivity contribution in [3.63, 3.8) is 0 Å². The molecular weight excluding hydrogens is 332 g/mol. The zero-order valence-electron chi connectivity index (χ0n) is 13.4. The SMILES string of the molecule is N#CC1=C(c2ccccc2)OC(=N)C(C#N)C1c1ccc([N+](=O)[O-])cc1. The van der Waals surface area contributed by atoms with Gasteiger partial charge in [-0.1, -0.05) is 42.5 Å². The van der Waals surface area contributed by atoms with Crippen LogP contribution in [0.4, 0.5) is 5.69 Å². The van der Waals surface area contributed by atoms with Crippen LogP contribution < -0.4 is 0 Å². The Balaban J connectivity index is 2.18. The van der Waals surface area contributed by atoms with E-state index in [4.69, 9.17) is 10.1 Å². The van der Waals surface area contributed by atoms with Crippen LogP contribution >= 0.6 is 0 Å². The molecule has 1 aliphatic heterocycles. The Hall–Kier alpha value is -3.97. The van der Waals surface area contributed by atoms with Crippen molar-refractivity contribution in [1.29, 1.82) is 15.9 Å². The number of nitrogens with one attached hydrogen (secondary N) is 1. The molecule has 1 heterocycles. The predicted molar refractivity (Wildman–Crippen MR) is 92.7 cm³/mol. The molecule has 3 rings (SSSR count). The third-order valence-corrected chi connectivity index (χ3v) is 4.14. The predicted octanol–water partition coefficient (Wildman–Crippen LogP) is 3.76. The van der Waals surface area contributed by atoms with E-state index in [1.165, 1.54) is 24.3 Å². The minimum atomic E-state index is -0.987. The van der Waals surface area contributed by atoms with Gasteiger partial charge in [-0.3, -0.25) is 15.5 Å². The molecule has 0 aromatic heterocycles. The van der Waals surface area contributed by atoms with E-state index in [0.717, 1.165) is 0 Å². The number of non-ortho nitro benzene ring substituents is 1. The summed E-state index contributed by atoms with van der Waals surface area (Å²) in [7, 11) is 0. The van der Waals surface area contributed by atoms with Crippen molar-refractivity contribution >= 4 is 17.3 Å². The van der Waals surface area contributed by atoms with Crippen molar-refractivity contribution in [3.05, 3.63) is 81.4 Å². The molecule has 2 aromatic rings. The Morgan fingerprint density at radius 3 is 2.27 bits per heavy atom. The molecule has 126 valence electrons. The van der Waals surface area contributed by atoms with Crippen molar-refractivity contribution in [1.82, 2.24) is 0 Å². The van der Waals surface area contributed by atoms with E-state index in [1.54, 1.807) is 24.3 Å². The average molecular weight is 344 g/mol. The summed E-state index contributed by atoms with van der Waals surface area (Å²) in [4.78, 5) is 10.3. The fraction of sp³-hybridized carbons (Fsp3) is 0.105. The van der Waals surface area contributed by atoms with E-state index < -0.39 is 16.8 Å². The Morgan fingerprint density at radius 2 is 1.73 bits per heavy atom. The largest absolute Gasteiger partial charge is 0.440 e. The summed E-state index contributed by atoms with van der Waals surface area (Å²) in [6.07, 6.45) is 0. The van der Waals surface area contributed by atoms with Crippen LogP contribution in [0.2, 0.25) is 0 Å². The number of hydrogen-bond donors (Lipinski definition) is 1. The molecule has 1 N–H and O–H groups in total. The monoisotopic (exact) mass is 344 g/mol. The number of benzene rings is 2. The average Bonchev–Trinajstić information content (AvgIpc) is 2.67. The van der Waals surface area contributed by atoms with Gasteiger partial charge in [0.15, 0.2) is 5.76 Å². The van der Waals surface area contributed by atoms with Gasteiger partial charge in [0.2, 0.25) is 5.90 Å². The lowest BCUT2D eigenvalue weighted by molar-refractivity contribution is -0.384. The molecule has 2 aromatic carbocycles. The minimum absolute atomic E-state index is 0.0878. The lowest BCUT2D eigenvalue weighted by Crippen LogP contribution is -2.29. The molecule has 7 nitrogen and oxygen atoms in total. The van der Waals surface area contributed by atoms with Gasteiger partial charge in [-0.15, -0.1) is 0 Å². The van der Waals surface area contributed by atoms with Gasteiger partial charge in [-0.2, -0.15) is 10.5 Å². The molecule has 2 unspecified atom stereocenters. The number of allylic oxidation sites excluding steroid dienone is 1. The Labute approximate surface area is 149 Å². The molecule has 0 aliphatic carbocycles. The zero-order valence-corrected chi connectivity index (χ0v) is 13.4. The first-order valence-electron chi connectivity index (χ1n) is 7.66. The summed E-state index contributed by atoms with van der Waals surface area (Å²) in [5.74, 6) is -1.75. The van der Waals surface area contributed by atoms with Gasteiger partial charge in [-0.25, -0.2) is 0 Å². The number of hydrogen-bond acceptors (Lipinski definition) is 6. The molecule has 0 saturated carbocycles. The van der Waals surface area contributed by atoms with E-state index in [1.807, 2.05) is 12.1 Å². The van der Waals surface area contributed by atoms with Crippen molar-refractivity contribution in [2.75, 3.05) is 0 Å². The Kier molecular flexibility index (Phi) is 4.46.